The van der Waals surface area contributed by atoms with E-state index in [1.165, 1.54) is 5.56 Å². The summed E-state index contributed by atoms with van der Waals surface area (Å²) in [6, 6.07) is 10.3. The van der Waals surface area contributed by atoms with Gasteiger partial charge < -0.3 is 4.74 Å². The fourth-order valence-corrected chi connectivity index (χ4v) is 1.37. The zero-order valence-corrected chi connectivity index (χ0v) is 9.25. The normalized spacial score (nSPS) is 20.1. The third-order valence-corrected chi connectivity index (χ3v) is 2.36. The van der Waals surface area contributed by atoms with E-state index in [1.807, 2.05) is 36.4 Å². The Morgan fingerprint density at radius 2 is 1.81 bits per heavy atom. The molecule has 0 radical (unpaired) electrons. The van der Waals surface area contributed by atoms with Gasteiger partial charge in [-0.3, -0.25) is 0 Å². The molecule has 16 heavy (non-hydrogen) atoms. The summed E-state index contributed by atoms with van der Waals surface area (Å²) in [4.78, 5) is 0. The number of ether oxygens (including phenoxy) is 1. The quantitative estimate of drug-likeness (QED) is 0.536. The lowest BCUT2D eigenvalue weighted by Crippen LogP contribution is -1.76. The minimum absolute atomic E-state index is 0.490. The van der Waals surface area contributed by atoms with Crippen LogP contribution in [0.3, 0.4) is 0 Å². The van der Waals surface area contributed by atoms with Crippen LogP contribution in [0.15, 0.2) is 60.7 Å². The Morgan fingerprint density at radius 1 is 1.06 bits per heavy atom. The van der Waals surface area contributed by atoms with Gasteiger partial charge in [0, 0.05) is 0 Å². The van der Waals surface area contributed by atoms with Crippen molar-refractivity contribution in [3.05, 3.63) is 66.3 Å². The van der Waals surface area contributed by atoms with Crippen molar-refractivity contribution in [2.45, 2.75) is 12.5 Å². The van der Waals surface area contributed by atoms with Crippen molar-refractivity contribution >= 4 is 6.08 Å². The second-order valence-corrected chi connectivity index (χ2v) is 3.77. The van der Waals surface area contributed by atoms with Crippen LogP contribution >= 0.6 is 0 Å². The third kappa shape index (κ3) is 4.28. The molecule has 0 amide bonds. The maximum Gasteiger partial charge on any atom is 0.0844 e. The van der Waals surface area contributed by atoms with E-state index < -0.39 is 0 Å². The van der Waals surface area contributed by atoms with Crippen LogP contribution < -0.4 is 0 Å². The van der Waals surface area contributed by atoms with Crippen LogP contribution in [0.4, 0.5) is 0 Å². The topological polar surface area (TPSA) is 12.5 Å². The number of hydrogen-bond donors (Lipinski definition) is 0. The molecule has 1 aliphatic heterocycles. The van der Waals surface area contributed by atoms with Crippen LogP contribution in [0.1, 0.15) is 12.0 Å². The van der Waals surface area contributed by atoms with Crippen molar-refractivity contribution < 1.29 is 4.74 Å². The first-order valence-electron chi connectivity index (χ1n) is 5.62. The molecule has 1 saturated heterocycles. The molecule has 1 heterocycles. The van der Waals surface area contributed by atoms with Gasteiger partial charge in [-0.2, -0.15) is 0 Å². The highest BCUT2D eigenvalue weighted by molar-refractivity contribution is 5.50. The third-order valence-electron chi connectivity index (χ3n) is 2.36. The number of epoxide rings is 1. The van der Waals surface area contributed by atoms with Crippen molar-refractivity contribution in [1.29, 1.82) is 0 Å². The van der Waals surface area contributed by atoms with Gasteiger partial charge in [0.15, 0.2) is 0 Å². The summed E-state index contributed by atoms with van der Waals surface area (Å²) in [7, 11) is 0. The first-order valence-corrected chi connectivity index (χ1v) is 5.62. The Bertz CT molecular complexity index is 383. The van der Waals surface area contributed by atoms with Crippen molar-refractivity contribution in [1.82, 2.24) is 0 Å². The largest absolute Gasteiger partial charge is 0.373 e. The van der Waals surface area contributed by atoms with E-state index in [2.05, 4.69) is 30.4 Å². The van der Waals surface area contributed by atoms with E-state index >= 15 is 0 Å². The molecule has 0 saturated carbocycles. The molecule has 1 aromatic rings. The molecule has 1 fully saturated rings. The Morgan fingerprint density at radius 3 is 2.56 bits per heavy atom. The highest BCUT2D eigenvalue weighted by Crippen LogP contribution is 2.13. The molecule has 0 aliphatic carbocycles. The summed E-state index contributed by atoms with van der Waals surface area (Å²) >= 11 is 0. The molecule has 0 aromatic heterocycles. The molecule has 1 aromatic carbocycles. The summed E-state index contributed by atoms with van der Waals surface area (Å²) in [5.74, 6) is 0. The van der Waals surface area contributed by atoms with Gasteiger partial charge >= 0.3 is 0 Å². The molecule has 82 valence electrons. The van der Waals surface area contributed by atoms with Crippen LogP contribution in [-0.4, -0.2) is 12.7 Å². The summed E-state index contributed by atoms with van der Waals surface area (Å²) in [6.45, 7) is 0.933. The highest BCUT2D eigenvalue weighted by Gasteiger charge is 2.19. The van der Waals surface area contributed by atoms with Crippen molar-refractivity contribution in [2.75, 3.05) is 6.61 Å². The van der Waals surface area contributed by atoms with Crippen molar-refractivity contribution in [2.24, 2.45) is 0 Å². The lowest BCUT2D eigenvalue weighted by molar-refractivity contribution is 0.410. The molecule has 0 spiro atoms. The Labute approximate surface area is 96.8 Å². The summed E-state index contributed by atoms with van der Waals surface area (Å²) in [5.41, 5.74) is 1.22. The molecule has 1 unspecified atom stereocenters. The SMILES string of the molecule is C(=CC=Cc1ccccc1)C=CCC1CO1. The van der Waals surface area contributed by atoms with Gasteiger partial charge in [-0.1, -0.05) is 66.8 Å². The summed E-state index contributed by atoms with van der Waals surface area (Å²) in [6.07, 6.45) is 14.0. The van der Waals surface area contributed by atoms with Crippen molar-refractivity contribution in [3.8, 4) is 0 Å². The fraction of sp³-hybridized carbons (Fsp3) is 0.200. The average molecular weight is 212 g/mol. The van der Waals surface area contributed by atoms with Gasteiger partial charge in [-0.25, -0.2) is 0 Å². The average Bonchev–Trinajstić information content (AvgIpc) is 3.13. The molecule has 1 nitrogen and oxygen atoms in total. The van der Waals surface area contributed by atoms with Crippen LogP contribution in [-0.2, 0) is 4.74 Å². The van der Waals surface area contributed by atoms with Crippen LogP contribution in [0, 0.1) is 0 Å². The molecule has 1 aliphatic rings. The second kappa shape index (κ2) is 6.09. The number of rotatable bonds is 5. The Hall–Kier alpha value is -1.60. The predicted molar refractivity (Wildman–Crippen MR) is 68.1 cm³/mol. The van der Waals surface area contributed by atoms with Gasteiger partial charge in [-0.05, 0) is 12.0 Å². The van der Waals surface area contributed by atoms with Crippen molar-refractivity contribution in [3.63, 3.8) is 0 Å². The molecule has 1 heteroatoms. The number of benzene rings is 1. The van der Waals surface area contributed by atoms with Crippen LogP contribution in [0.2, 0.25) is 0 Å². The fourth-order valence-electron chi connectivity index (χ4n) is 1.37. The summed E-state index contributed by atoms with van der Waals surface area (Å²) < 4.78 is 5.10. The zero-order valence-electron chi connectivity index (χ0n) is 9.25. The molecule has 0 bridgehead atoms. The lowest BCUT2D eigenvalue weighted by atomic mass is 10.2. The monoisotopic (exact) mass is 212 g/mol. The molecular weight excluding hydrogens is 196 g/mol. The van der Waals surface area contributed by atoms with E-state index in [0.29, 0.717) is 6.10 Å². The summed E-state index contributed by atoms with van der Waals surface area (Å²) in [5, 5.41) is 0. The van der Waals surface area contributed by atoms with Gasteiger partial charge in [0.2, 0.25) is 0 Å². The van der Waals surface area contributed by atoms with Gasteiger partial charge in [0.25, 0.3) is 0 Å². The zero-order chi connectivity index (χ0) is 11.1. The first-order chi connectivity index (χ1) is 7.95. The van der Waals surface area contributed by atoms with Crippen LogP contribution in [0.5, 0.6) is 0 Å². The maximum absolute atomic E-state index is 5.10. The predicted octanol–water partition coefficient (Wildman–Crippen LogP) is 3.60. The highest BCUT2D eigenvalue weighted by atomic mass is 16.6. The van der Waals surface area contributed by atoms with E-state index in [1.54, 1.807) is 0 Å². The van der Waals surface area contributed by atoms with Crippen LogP contribution in [0.25, 0.3) is 6.08 Å². The molecule has 2 rings (SSSR count). The van der Waals surface area contributed by atoms with E-state index in [0.717, 1.165) is 13.0 Å². The van der Waals surface area contributed by atoms with E-state index in [-0.39, 0.29) is 0 Å². The van der Waals surface area contributed by atoms with E-state index in [4.69, 9.17) is 4.74 Å². The lowest BCUT2D eigenvalue weighted by Gasteiger charge is -1.88. The van der Waals surface area contributed by atoms with E-state index in [9.17, 15) is 0 Å². The maximum atomic E-state index is 5.10. The standard InChI is InChI=1S/C15H16O/c1(3-8-12-15-13-16-15)2-5-9-14-10-6-4-7-11-14/h1-11,15H,12-13H2. The number of hydrogen-bond acceptors (Lipinski definition) is 1. The Balaban J connectivity index is 1.71. The molecule has 1 atom stereocenters. The molecular formula is C15H16O. The smallest absolute Gasteiger partial charge is 0.0844 e. The minimum atomic E-state index is 0.490. The Kier molecular flexibility index (Phi) is 4.15. The number of allylic oxidation sites excluding steroid dienone is 4. The minimum Gasteiger partial charge on any atom is -0.373 e. The second-order valence-electron chi connectivity index (χ2n) is 3.77. The van der Waals surface area contributed by atoms with Gasteiger partial charge in [-0.15, -0.1) is 0 Å². The van der Waals surface area contributed by atoms with Gasteiger partial charge in [0.1, 0.15) is 0 Å². The first kappa shape index (κ1) is 10.9. The van der Waals surface area contributed by atoms with Gasteiger partial charge in [0.05, 0.1) is 12.7 Å². The molecule has 0 N–H and O–H groups in total.